The summed E-state index contributed by atoms with van der Waals surface area (Å²) in [5.74, 6) is 0.683. The fraction of sp³-hybridized carbons (Fsp3) is 0.667. The van der Waals surface area contributed by atoms with Gasteiger partial charge in [-0.3, -0.25) is 4.98 Å². The molecule has 2 atom stereocenters. The number of hydrogen-bond acceptors (Lipinski definition) is 3. The van der Waals surface area contributed by atoms with Crippen molar-refractivity contribution in [2.75, 3.05) is 19.7 Å². The van der Waals surface area contributed by atoms with E-state index >= 15 is 0 Å². The first-order valence-corrected chi connectivity index (χ1v) is 8.68. The first-order valence-electron chi connectivity index (χ1n) is 8.68. The number of likely N-dealkylation sites (tertiary alicyclic amines) is 1. The first-order chi connectivity index (χ1) is 11.1. The monoisotopic (exact) mass is 319 g/mol. The lowest BCUT2D eigenvalue weighted by Crippen LogP contribution is -2.49. The van der Waals surface area contributed by atoms with Crippen molar-refractivity contribution in [3.05, 3.63) is 30.1 Å². The van der Waals surface area contributed by atoms with Gasteiger partial charge in [0, 0.05) is 44.0 Å². The molecule has 2 N–H and O–H groups in total. The van der Waals surface area contributed by atoms with Crippen LogP contribution in [0.25, 0.3) is 0 Å². The lowest BCUT2D eigenvalue weighted by atomic mass is 9.89. The minimum atomic E-state index is -0.00214. The molecule has 2 unspecified atom stereocenters. The maximum absolute atomic E-state index is 12.6. The lowest BCUT2D eigenvalue weighted by molar-refractivity contribution is 0.131. The van der Waals surface area contributed by atoms with Crippen molar-refractivity contribution in [1.82, 2.24) is 15.2 Å². The molecule has 0 spiro atoms. The topological polar surface area (TPSA) is 65.5 Å². The van der Waals surface area contributed by atoms with Gasteiger partial charge >= 0.3 is 6.03 Å². The third-order valence-corrected chi connectivity index (χ3v) is 4.74. The molecule has 5 nitrogen and oxygen atoms in total. The lowest BCUT2D eigenvalue weighted by Gasteiger charge is -2.36. The summed E-state index contributed by atoms with van der Waals surface area (Å²) in [5, 5.41) is 12.3. The highest BCUT2D eigenvalue weighted by atomic mass is 16.3. The molecule has 1 aromatic rings. The van der Waals surface area contributed by atoms with E-state index in [1.807, 2.05) is 17.2 Å². The van der Waals surface area contributed by atoms with Gasteiger partial charge in [0.05, 0.1) is 0 Å². The van der Waals surface area contributed by atoms with Gasteiger partial charge in [-0.25, -0.2) is 4.79 Å². The Morgan fingerprint density at radius 2 is 2.30 bits per heavy atom. The van der Waals surface area contributed by atoms with E-state index in [9.17, 15) is 9.90 Å². The number of rotatable bonds is 6. The summed E-state index contributed by atoms with van der Waals surface area (Å²) in [7, 11) is 0. The summed E-state index contributed by atoms with van der Waals surface area (Å²) < 4.78 is 0. The summed E-state index contributed by atoms with van der Waals surface area (Å²) in [4.78, 5) is 18.7. The number of aromatic nitrogens is 1. The maximum atomic E-state index is 12.6. The predicted molar refractivity (Wildman–Crippen MR) is 91.3 cm³/mol. The minimum absolute atomic E-state index is 0.00214. The molecular weight excluding hydrogens is 290 g/mol. The van der Waals surface area contributed by atoms with Gasteiger partial charge in [-0.2, -0.15) is 0 Å². The van der Waals surface area contributed by atoms with Crippen LogP contribution < -0.4 is 5.32 Å². The van der Waals surface area contributed by atoms with Gasteiger partial charge in [0.25, 0.3) is 0 Å². The highest BCUT2D eigenvalue weighted by Gasteiger charge is 2.27. The minimum Gasteiger partial charge on any atom is -0.396 e. The average Bonchev–Trinajstić information content (AvgIpc) is 2.56. The average molecular weight is 319 g/mol. The number of carbonyl (C=O) groups is 1. The third kappa shape index (κ3) is 4.93. The van der Waals surface area contributed by atoms with Gasteiger partial charge in [-0.1, -0.05) is 19.9 Å². The van der Waals surface area contributed by atoms with E-state index in [0.29, 0.717) is 18.9 Å². The predicted octanol–water partition coefficient (Wildman–Crippen LogP) is 2.77. The number of aliphatic hydroxyl groups is 1. The Morgan fingerprint density at radius 1 is 1.48 bits per heavy atom. The molecule has 1 fully saturated rings. The molecule has 2 rings (SSSR count). The van der Waals surface area contributed by atoms with Crippen molar-refractivity contribution >= 4 is 6.03 Å². The Morgan fingerprint density at radius 3 is 2.96 bits per heavy atom. The molecule has 1 aromatic heterocycles. The standard InChI is InChI=1S/C18H29N3O2/c1-14(2)17(15-6-5-9-19-12-15)13-20-18(23)21-10-4-3-7-16(21)8-11-22/h5-6,9,12,14,16-17,22H,3-4,7-8,10-11,13H2,1-2H3,(H,20,23). The Bertz CT molecular complexity index is 476. The Balaban J connectivity index is 1.95. The van der Waals surface area contributed by atoms with Crippen molar-refractivity contribution in [3.63, 3.8) is 0 Å². The van der Waals surface area contributed by atoms with Crippen LogP contribution in [0.2, 0.25) is 0 Å². The SMILES string of the molecule is CC(C)C(CNC(=O)N1CCCCC1CCO)c1cccnc1. The van der Waals surface area contributed by atoms with Gasteiger partial charge in [-0.15, -0.1) is 0 Å². The fourth-order valence-electron chi connectivity index (χ4n) is 3.35. The molecule has 0 radical (unpaired) electrons. The van der Waals surface area contributed by atoms with Crippen LogP contribution in [-0.2, 0) is 0 Å². The first kappa shape index (κ1) is 17.7. The number of urea groups is 1. The van der Waals surface area contributed by atoms with Gasteiger partial charge in [0.15, 0.2) is 0 Å². The van der Waals surface area contributed by atoms with Crippen molar-refractivity contribution in [2.45, 2.75) is 51.5 Å². The number of piperidine rings is 1. The molecule has 1 aliphatic heterocycles. The van der Waals surface area contributed by atoms with E-state index in [4.69, 9.17) is 0 Å². The van der Waals surface area contributed by atoms with Gasteiger partial charge in [-0.05, 0) is 43.2 Å². The molecule has 128 valence electrons. The van der Waals surface area contributed by atoms with Gasteiger partial charge < -0.3 is 15.3 Å². The molecule has 1 aliphatic rings. The summed E-state index contributed by atoms with van der Waals surface area (Å²) in [6.07, 6.45) is 7.50. The summed E-state index contributed by atoms with van der Waals surface area (Å²) >= 11 is 0. The second kappa shape index (κ2) is 8.87. The Kier molecular flexibility index (Phi) is 6.84. The largest absolute Gasteiger partial charge is 0.396 e. The van der Waals surface area contributed by atoms with Crippen molar-refractivity contribution in [1.29, 1.82) is 0 Å². The number of nitrogens with one attached hydrogen (secondary N) is 1. The van der Waals surface area contributed by atoms with E-state index < -0.39 is 0 Å². The van der Waals surface area contributed by atoms with E-state index in [1.165, 1.54) is 0 Å². The zero-order chi connectivity index (χ0) is 16.7. The molecule has 23 heavy (non-hydrogen) atoms. The van der Waals surface area contributed by atoms with Crippen LogP contribution >= 0.6 is 0 Å². The van der Waals surface area contributed by atoms with E-state index in [2.05, 4.69) is 30.2 Å². The second-order valence-corrected chi connectivity index (χ2v) is 6.68. The second-order valence-electron chi connectivity index (χ2n) is 6.68. The number of carbonyl (C=O) groups excluding carboxylic acids is 1. The van der Waals surface area contributed by atoms with E-state index in [-0.39, 0.29) is 24.6 Å². The van der Waals surface area contributed by atoms with Crippen molar-refractivity contribution < 1.29 is 9.90 Å². The van der Waals surface area contributed by atoms with E-state index in [0.717, 1.165) is 31.4 Å². The number of aliphatic hydroxyl groups excluding tert-OH is 1. The van der Waals surface area contributed by atoms with Crippen LogP contribution in [0, 0.1) is 5.92 Å². The van der Waals surface area contributed by atoms with Crippen LogP contribution in [0.1, 0.15) is 51.0 Å². The number of amides is 2. The normalized spacial score (nSPS) is 19.7. The van der Waals surface area contributed by atoms with Crippen LogP contribution in [0.15, 0.2) is 24.5 Å². The van der Waals surface area contributed by atoms with Gasteiger partial charge in [0.2, 0.25) is 0 Å². The zero-order valence-electron chi connectivity index (χ0n) is 14.2. The third-order valence-electron chi connectivity index (χ3n) is 4.74. The Labute approximate surface area is 139 Å². The van der Waals surface area contributed by atoms with Crippen LogP contribution in [-0.4, -0.2) is 46.8 Å². The molecule has 0 bridgehead atoms. The van der Waals surface area contributed by atoms with Crippen LogP contribution in [0.4, 0.5) is 4.79 Å². The molecule has 0 aliphatic carbocycles. The maximum Gasteiger partial charge on any atom is 0.317 e. The number of pyridine rings is 1. The fourth-order valence-corrected chi connectivity index (χ4v) is 3.35. The van der Waals surface area contributed by atoms with Crippen molar-refractivity contribution in [2.24, 2.45) is 5.92 Å². The number of hydrogen-bond donors (Lipinski definition) is 2. The van der Waals surface area contributed by atoms with Crippen LogP contribution in [0.5, 0.6) is 0 Å². The molecular formula is C18H29N3O2. The smallest absolute Gasteiger partial charge is 0.317 e. The van der Waals surface area contributed by atoms with Crippen molar-refractivity contribution in [3.8, 4) is 0 Å². The molecule has 0 saturated carbocycles. The number of nitrogens with zero attached hydrogens (tertiary/aromatic N) is 2. The molecule has 2 heterocycles. The Hall–Kier alpha value is -1.62. The summed E-state index contributed by atoms with van der Waals surface area (Å²) in [6, 6.07) is 4.18. The molecule has 2 amide bonds. The molecule has 1 saturated heterocycles. The molecule has 5 heteroatoms. The highest BCUT2D eigenvalue weighted by Crippen LogP contribution is 2.24. The zero-order valence-corrected chi connectivity index (χ0v) is 14.2. The quantitative estimate of drug-likeness (QED) is 0.847. The molecule has 0 aromatic carbocycles. The van der Waals surface area contributed by atoms with Gasteiger partial charge in [0.1, 0.15) is 0 Å². The van der Waals surface area contributed by atoms with Crippen LogP contribution in [0.3, 0.4) is 0 Å². The summed E-state index contributed by atoms with van der Waals surface area (Å²) in [5.41, 5.74) is 1.16. The highest BCUT2D eigenvalue weighted by molar-refractivity contribution is 5.74. The van der Waals surface area contributed by atoms with E-state index in [1.54, 1.807) is 6.20 Å². The summed E-state index contributed by atoms with van der Waals surface area (Å²) in [6.45, 7) is 5.87.